The van der Waals surface area contributed by atoms with Crippen molar-refractivity contribution in [3.8, 4) is 0 Å². The van der Waals surface area contributed by atoms with Gasteiger partial charge in [-0.1, -0.05) is 30.3 Å². The smallest absolute Gasteiger partial charge is 0.191 e. The summed E-state index contributed by atoms with van der Waals surface area (Å²) in [6.07, 6.45) is 1.03. The number of nitrogens with zero attached hydrogens (tertiary/aromatic N) is 2. The first-order valence-corrected chi connectivity index (χ1v) is 9.32. The number of benzene rings is 1. The van der Waals surface area contributed by atoms with Crippen LogP contribution in [0.4, 0.5) is 0 Å². The molecule has 2 aromatic rings. The van der Waals surface area contributed by atoms with Gasteiger partial charge in [-0.05, 0) is 50.0 Å². The lowest BCUT2D eigenvalue weighted by atomic mass is 10.1. The molecule has 2 rings (SSSR count). The molecule has 6 heteroatoms. The van der Waals surface area contributed by atoms with E-state index in [0.717, 1.165) is 32.0 Å². The minimum absolute atomic E-state index is 0. The minimum Gasteiger partial charge on any atom is -0.357 e. The molecule has 1 aromatic carbocycles. The molecule has 25 heavy (non-hydrogen) atoms. The van der Waals surface area contributed by atoms with Gasteiger partial charge in [-0.3, -0.25) is 0 Å². The van der Waals surface area contributed by atoms with Crippen LogP contribution < -0.4 is 10.6 Å². The Morgan fingerprint density at radius 1 is 1.12 bits per heavy atom. The molecule has 0 saturated heterocycles. The number of rotatable bonds is 8. The number of guanidine groups is 1. The van der Waals surface area contributed by atoms with Gasteiger partial charge in [0.15, 0.2) is 5.96 Å². The molecular weight excluding hydrogens is 443 g/mol. The third-order valence-corrected chi connectivity index (χ3v) is 4.43. The van der Waals surface area contributed by atoms with E-state index < -0.39 is 0 Å². The highest BCUT2D eigenvalue weighted by Crippen LogP contribution is 2.09. The zero-order valence-electron chi connectivity index (χ0n) is 15.3. The second-order valence-corrected chi connectivity index (χ2v) is 7.04. The fourth-order valence-corrected chi connectivity index (χ4v) is 3.17. The first-order chi connectivity index (χ1) is 11.7. The van der Waals surface area contributed by atoms with E-state index >= 15 is 0 Å². The zero-order chi connectivity index (χ0) is 17.2. The van der Waals surface area contributed by atoms with Gasteiger partial charge in [0.25, 0.3) is 0 Å². The largest absolute Gasteiger partial charge is 0.357 e. The monoisotopic (exact) mass is 472 g/mol. The van der Waals surface area contributed by atoms with Crippen molar-refractivity contribution in [2.75, 3.05) is 27.2 Å². The molecule has 1 heterocycles. The van der Waals surface area contributed by atoms with Crippen molar-refractivity contribution >= 4 is 41.3 Å². The lowest BCUT2D eigenvalue weighted by molar-refractivity contribution is 0.402. The van der Waals surface area contributed by atoms with Gasteiger partial charge in [0, 0.05) is 24.5 Å². The molecular formula is C19H29IN4S. The Bertz CT molecular complexity index is 626. The van der Waals surface area contributed by atoms with Gasteiger partial charge in [-0.25, -0.2) is 4.99 Å². The van der Waals surface area contributed by atoms with Crippen LogP contribution in [0.2, 0.25) is 0 Å². The van der Waals surface area contributed by atoms with Crippen molar-refractivity contribution in [3.05, 3.63) is 57.8 Å². The number of aliphatic imine (C=N–C) groups is 1. The van der Waals surface area contributed by atoms with Crippen LogP contribution in [0.15, 0.2) is 46.8 Å². The summed E-state index contributed by atoms with van der Waals surface area (Å²) >= 11 is 1.80. The SMILES string of the molecule is CCNC(=NCc1cccc(CN(C)C)c1)NCCc1cccs1.I. The maximum absolute atomic E-state index is 4.71. The zero-order valence-corrected chi connectivity index (χ0v) is 18.4. The van der Waals surface area contributed by atoms with E-state index in [4.69, 9.17) is 4.99 Å². The molecule has 0 bridgehead atoms. The van der Waals surface area contributed by atoms with E-state index in [9.17, 15) is 0 Å². The van der Waals surface area contributed by atoms with Gasteiger partial charge in [0.05, 0.1) is 6.54 Å². The van der Waals surface area contributed by atoms with Crippen LogP contribution >= 0.6 is 35.3 Å². The molecule has 4 nitrogen and oxygen atoms in total. The molecule has 0 aliphatic carbocycles. The summed E-state index contributed by atoms with van der Waals surface area (Å²) in [5.41, 5.74) is 2.56. The number of thiophene rings is 1. The van der Waals surface area contributed by atoms with Crippen LogP contribution in [0.25, 0.3) is 0 Å². The average molecular weight is 472 g/mol. The average Bonchev–Trinajstić information content (AvgIpc) is 3.06. The van der Waals surface area contributed by atoms with Crippen molar-refractivity contribution in [2.45, 2.75) is 26.4 Å². The van der Waals surface area contributed by atoms with Gasteiger partial charge in [-0.2, -0.15) is 0 Å². The first-order valence-electron chi connectivity index (χ1n) is 8.44. The van der Waals surface area contributed by atoms with Crippen molar-refractivity contribution < 1.29 is 0 Å². The van der Waals surface area contributed by atoms with E-state index in [1.165, 1.54) is 16.0 Å². The number of hydrogen-bond donors (Lipinski definition) is 2. The Labute approximate surface area is 172 Å². The van der Waals surface area contributed by atoms with Crippen LogP contribution in [0.5, 0.6) is 0 Å². The summed E-state index contributed by atoms with van der Waals surface area (Å²) in [5, 5.41) is 8.85. The van der Waals surface area contributed by atoms with Crippen LogP contribution in [0, 0.1) is 0 Å². The Morgan fingerprint density at radius 3 is 2.60 bits per heavy atom. The topological polar surface area (TPSA) is 39.7 Å². The van der Waals surface area contributed by atoms with E-state index in [1.807, 2.05) is 0 Å². The highest BCUT2D eigenvalue weighted by molar-refractivity contribution is 14.0. The van der Waals surface area contributed by atoms with E-state index in [2.05, 4.69) is 78.3 Å². The summed E-state index contributed by atoms with van der Waals surface area (Å²) < 4.78 is 0. The van der Waals surface area contributed by atoms with Crippen LogP contribution in [-0.4, -0.2) is 38.0 Å². The third kappa shape index (κ3) is 8.69. The van der Waals surface area contributed by atoms with Crippen molar-refractivity contribution in [1.29, 1.82) is 0 Å². The Kier molecular flexibility index (Phi) is 10.8. The third-order valence-electron chi connectivity index (χ3n) is 3.50. The molecule has 1 aromatic heterocycles. The summed E-state index contributed by atoms with van der Waals surface area (Å²) in [6, 6.07) is 12.9. The van der Waals surface area contributed by atoms with Gasteiger partial charge in [-0.15, -0.1) is 35.3 Å². The van der Waals surface area contributed by atoms with Crippen molar-refractivity contribution in [3.63, 3.8) is 0 Å². The lowest BCUT2D eigenvalue weighted by Crippen LogP contribution is -2.38. The Morgan fingerprint density at radius 2 is 1.92 bits per heavy atom. The van der Waals surface area contributed by atoms with E-state index in [-0.39, 0.29) is 24.0 Å². The van der Waals surface area contributed by atoms with Crippen LogP contribution in [-0.2, 0) is 19.5 Å². The molecule has 0 aliphatic heterocycles. The molecule has 0 unspecified atom stereocenters. The maximum Gasteiger partial charge on any atom is 0.191 e. The summed E-state index contributed by atoms with van der Waals surface area (Å²) in [7, 11) is 4.18. The fraction of sp³-hybridized carbons (Fsp3) is 0.421. The quantitative estimate of drug-likeness (QED) is 0.350. The van der Waals surface area contributed by atoms with Crippen LogP contribution in [0.1, 0.15) is 22.9 Å². The molecule has 0 radical (unpaired) electrons. The van der Waals surface area contributed by atoms with Gasteiger partial charge < -0.3 is 15.5 Å². The molecule has 0 saturated carbocycles. The van der Waals surface area contributed by atoms with Crippen molar-refractivity contribution in [2.24, 2.45) is 4.99 Å². The predicted octanol–water partition coefficient (Wildman–Crippen LogP) is 3.73. The number of hydrogen-bond acceptors (Lipinski definition) is 3. The minimum atomic E-state index is 0. The highest BCUT2D eigenvalue weighted by Gasteiger charge is 2.00. The predicted molar refractivity (Wildman–Crippen MR) is 120 cm³/mol. The maximum atomic E-state index is 4.71. The van der Waals surface area contributed by atoms with E-state index in [0.29, 0.717) is 6.54 Å². The Hall–Kier alpha value is -1.12. The standard InChI is InChI=1S/C19H28N4S.HI/c1-4-20-19(21-11-10-18-9-6-12-24-18)22-14-16-7-5-8-17(13-16)15-23(2)3;/h5-9,12-13H,4,10-11,14-15H2,1-3H3,(H2,20,21,22);1H. The molecule has 2 N–H and O–H groups in total. The number of nitrogens with one attached hydrogen (secondary N) is 2. The summed E-state index contributed by atoms with van der Waals surface area (Å²) in [6.45, 7) is 5.50. The molecule has 138 valence electrons. The normalized spacial score (nSPS) is 11.3. The number of halogens is 1. The van der Waals surface area contributed by atoms with E-state index in [1.54, 1.807) is 11.3 Å². The van der Waals surface area contributed by atoms with Gasteiger partial charge >= 0.3 is 0 Å². The Balaban J connectivity index is 0.00000312. The fourth-order valence-electron chi connectivity index (χ4n) is 2.46. The van der Waals surface area contributed by atoms with Gasteiger partial charge in [0.1, 0.15) is 0 Å². The molecule has 0 spiro atoms. The second kappa shape index (κ2) is 12.3. The molecule has 0 amide bonds. The highest BCUT2D eigenvalue weighted by atomic mass is 127. The summed E-state index contributed by atoms with van der Waals surface area (Å²) in [4.78, 5) is 8.28. The molecule has 0 atom stereocenters. The lowest BCUT2D eigenvalue weighted by Gasteiger charge is -2.12. The first kappa shape index (κ1) is 21.9. The molecule has 0 fully saturated rings. The molecule has 0 aliphatic rings. The second-order valence-electron chi connectivity index (χ2n) is 6.01. The van der Waals surface area contributed by atoms with Crippen molar-refractivity contribution in [1.82, 2.24) is 15.5 Å². The van der Waals surface area contributed by atoms with Gasteiger partial charge in [0.2, 0.25) is 0 Å². The summed E-state index contributed by atoms with van der Waals surface area (Å²) in [5.74, 6) is 0.882. The van der Waals surface area contributed by atoms with Crippen LogP contribution in [0.3, 0.4) is 0 Å².